The lowest BCUT2D eigenvalue weighted by molar-refractivity contribution is -0.385. The van der Waals surface area contributed by atoms with Crippen LogP contribution in [-0.4, -0.2) is 35.5 Å². The molecule has 0 N–H and O–H groups in total. The van der Waals surface area contributed by atoms with E-state index in [1.807, 2.05) is 42.5 Å². The lowest BCUT2D eigenvalue weighted by Crippen LogP contribution is -2.33. The van der Waals surface area contributed by atoms with E-state index in [1.54, 1.807) is 41.8 Å². The molecule has 0 spiro atoms. The molecule has 198 valence electrons. The first-order chi connectivity index (χ1) is 18.9. The van der Waals surface area contributed by atoms with E-state index in [-0.39, 0.29) is 18.8 Å². The summed E-state index contributed by atoms with van der Waals surface area (Å²) in [6.07, 6.45) is 0. The van der Waals surface area contributed by atoms with Gasteiger partial charge in [0.2, 0.25) is 0 Å². The van der Waals surface area contributed by atoms with Crippen LogP contribution in [0.25, 0.3) is 0 Å². The van der Waals surface area contributed by atoms with Crippen molar-refractivity contribution in [2.24, 2.45) is 0 Å². The highest BCUT2D eigenvalue weighted by molar-refractivity contribution is 7.98. The number of nitro benzene ring substituents is 1. The van der Waals surface area contributed by atoms with Crippen molar-refractivity contribution in [3.8, 4) is 0 Å². The van der Waals surface area contributed by atoms with Crippen molar-refractivity contribution in [3.63, 3.8) is 0 Å². The Labute approximate surface area is 230 Å². The molecule has 0 saturated heterocycles. The van der Waals surface area contributed by atoms with Gasteiger partial charge in [0.15, 0.2) is 0 Å². The Hall–Kier alpha value is -4.37. The maximum absolute atomic E-state index is 13.3. The molecule has 1 unspecified atom stereocenters. The van der Waals surface area contributed by atoms with Crippen LogP contribution < -0.4 is 0 Å². The summed E-state index contributed by atoms with van der Waals surface area (Å²) in [5.41, 5.74) is 4.18. The minimum Gasteiger partial charge on any atom is -0.466 e. The fraction of sp³-hybridized carbons (Fsp3) is 0.200. The molecule has 9 heteroatoms. The van der Waals surface area contributed by atoms with E-state index in [0.29, 0.717) is 33.9 Å². The number of para-hydroxylation sites is 1. The van der Waals surface area contributed by atoms with Crippen LogP contribution in [0.3, 0.4) is 0 Å². The summed E-state index contributed by atoms with van der Waals surface area (Å²) in [7, 11) is 1.30. The largest absolute Gasteiger partial charge is 0.466 e. The first-order valence-electron chi connectivity index (χ1n) is 12.4. The van der Waals surface area contributed by atoms with Crippen molar-refractivity contribution >= 4 is 29.4 Å². The molecule has 1 atom stereocenters. The van der Waals surface area contributed by atoms with Crippen LogP contribution in [-0.2, 0) is 31.4 Å². The summed E-state index contributed by atoms with van der Waals surface area (Å²) in [4.78, 5) is 40.5. The van der Waals surface area contributed by atoms with Gasteiger partial charge in [-0.2, -0.15) is 0 Å². The number of nitro groups is 1. The van der Waals surface area contributed by atoms with Crippen molar-refractivity contribution in [1.29, 1.82) is 0 Å². The quantitative estimate of drug-likeness (QED) is 0.154. The molecule has 2 heterocycles. The molecule has 0 radical (unpaired) electrons. The topological polar surface area (TPSA) is 99.0 Å². The predicted octanol–water partition coefficient (Wildman–Crippen LogP) is 5.74. The summed E-state index contributed by atoms with van der Waals surface area (Å²) >= 11 is 1.62. The smallest absolute Gasteiger partial charge is 0.337 e. The third-order valence-electron chi connectivity index (χ3n) is 6.96. The van der Waals surface area contributed by atoms with E-state index in [0.717, 1.165) is 16.0 Å². The van der Waals surface area contributed by atoms with Gasteiger partial charge < -0.3 is 14.4 Å². The monoisotopic (exact) mass is 542 g/mol. The minimum atomic E-state index is -0.705. The van der Waals surface area contributed by atoms with Gasteiger partial charge in [-0.05, 0) is 24.1 Å². The zero-order valence-corrected chi connectivity index (χ0v) is 22.3. The van der Waals surface area contributed by atoms with Gasteiger partial charge in [-0.25, -0.2) is 9.59 Å². The number of ether oxygens (including phenoxy) is 2. The molecule has 2 aliphatic rings. The van der Waals surface area contributed by atoms with Gasteiger partial charge in [0.1, 0.15) is 6.61 Å². The Balaban J connectivity index is 1.62. The molecule has 0 amide bonds. The highest BCUT2D eigenvalue weighted by atomic mass is 32.2. The zero-order chi connectivity index (χ0) is 27.5. The molecule has 5 rings (SSSR count). The Morgan fingerprint density at radius 1 is 1.08 bits per heavy atom. The first kappa shape index (κ1) is 26.2. The number of benzene rings is 3. The van der Waals surface area contributed by atoms with Gasteiger partial charge in [-0.3, -0.25) is 10.1 Å². The molecule has 0 aromatic heterocycles. The van der Waals surface area contributed by atoms with Gasteiger partial charge in [0.05, 0.1) is 41.3 Å². The van der Waals surface area contributed by atoms with E-state index in [1.165, 1.54) is 13.2 Å². The van der Waals surface area contributed by atoms with Crippen LogP contribution in [0.1, 0.15) is 29.5 Å². The summed E-state index contributed by atoms with van der Waals surface area (Å²) < 4.78 is 10.7. The number of hydrogen-bond acceptors (Lipinski definition) is 8. The second kappa shape index (κ2) is 11.2. The lowest BCUT2D eigenvalue weighted by atomic mass is 9.80. The summed E-state index contributed by atoms with van der Waals surface area (Å²) in [5.74, 6) is -1.08. The number of carbonyl (C=O) groups excluding carboxylic acids is 2. The number of carbonyl (C=O) groups is 2. The number of allylic oxidation sites excluding steroid dienone is 1. The average Bonchev–Trinajstić information content (AvgIpc) is 3.34. The number of esters is 2. The molecular weight excluding hydrogens is 516 g/mol. The number of rotatable bonds is 8. The summed E-state index contributed by atoms with van der Waals surface area (Å²) in [5, 5.41) is 11.7. The van der Waals surface area contributed by atoms with E-state index >= 15 is 0 Å². The Morgan fingerprint density at radius 2 is 1.77 bits per heavy atom. The van der Waals surface area contributed by atoms with Gasteiger partial charge in [-0.15, -0.1) is 11.8 Å². The van der Waals surface area contributed by atoms with E-state index in [2.05, 4.69) is 12.1 Å². The number of cyclic esters (lactones) is 1. The van der Waals surface area contributed by atoms with Gasteiger partial charge >= 0.3 is 11.9 Å². The van der Waals surface area contributed by atoms with E-state index < -0.39 is 22.8 Å². The van der Waals surface area contributed by atoms with E-state index in [9.17, 15) is 19.7 Å². The second-order valence-corrected chi connectivity index (χ2v) is 10.2. The molecule has 0 fully saturated rings. The minimum absolute atomic E-state index is 0.0103. The molecule has 0 bridgehead atoms. The van der Waals surface area contributed by atoms with Crippen molar-refractivity contribution in [1.82, 2.24) is 4.90 Å². The predicted molar refractivity (Wildman–Crippen MR) is 147 cm³/mol. The second-order valence-electron chi connectivity index (χ2n) is 9.14. The standard InChI is InChI=1S/C30H26N2O6S/c1-19-26(29(33)37-2)27(22-13-7-9-15-25(22)39-18-20-10-4-3-5-11-20)28-24(17-38-30(28)34)31(19)16-21-12-6-8-14-23(21)32(35)36/h3-15,27H,16-18H2,1-2H3. The summed E-state index contributed by atoms with van der Waals surface area (Å²) in [6.45, 7) is 1.88. The number of methoxy groups -OCH3 is 1. The SMILES string of the molecule is COC(=O)C1=C(C)N(Cc2ccccc2[N+](=O)[O-])C2=C(C(=O)OC2)C1c1ccccc1SCc1ccccc1. The fourth-order valence-electron chi connectivity index (χ4n) is 5.10. The Bertz CT molecular complexity index is 1510. The van der Waals surface area contributed by atoms with Crippen LogP contribution in [0, 0.1) is 10.1 Å². The fourth-order valence-corrected chi connectivity index (χ4v) is 6.14. The molecule has 3 aromatic carbocycles. The third-order valence-corrected chi connectivity index (χ3v) is 8.12. The van der Waals surface area contributed by atoms with Crippen molar-refractivity contribution in [2.75, 3.05) is 13.7 Å². The highest BCUT2D eigenvalue weighted by Gasteiger charge is 2.45. The molecule has 0 aliphatic carbocycles. The van der Waals surface area contributed by atoms with Gasteiger partial charge in [0, 0.05) is 28.0 Å². The zero-order valence-electron chi connectivity index (χ0n) is 21.5. The number of thioether (sulfide) groups is 1. The molecular formula is C30H26N2O6S. The van der Waals surface area contributed by atoms with Crippen molar-refractivity contribution < 1.29 is 24.0 Å². The maximum atomic E-state index is 13.3. The Kier molecular flexibility index (Phi) is 7.51. The summed E-state index contributed by atoms with van der Waals surface area (Å²) in [6, 6.07) is 24.2. The Morgan fingerprint density at radius 3 is 2.51 bits per heavy atom. The van der Waals surface area contributed by atoms with E-state index in [4.69, 9.17) is 9.47 Å². The lowest BCUT2D eigenvalue weighted by Gasteiger charge is -2.36. The normalized spacial score (nSPS) is 16.7. The molecule has 3 aromatic rings. The van der Waals surface area contributed by atoms with Gasteiger partial charge in [-0.1, -0.05) is 66.7 Å². The van der Waals surface area contributed by atoms with Crippen molar-refractivity contribution in [3.05, 3.63) is 128 Å². The highest BCUT2D eigenvalue weighted by Crippen LogP contribution is 2.48. The number of hydrogen-bond donors (Lipinski definition) is 0. The van der Waals surface area contributed by atoms with Crippen LogP contribution in [0.2, 0.25) is 0 Å². The molecule has 8 nitrogen and oxygen atoms in total. The van der Waals surface area contributed by atoms with Crippen LogP contribution >= 0.6 is 11.8 Å². The molecule has 39 heavy (non-hydrogen) atoms. The van der Waals surface area contributed by atoms with Crippen LogP contribution in [0.5, 0.6) is 0 Å². The first-order valence-corrected chi connectivity index (χ1v) is 13.3. The maximum Gasteiger partial charge on any atom is 0.337 e. The number of nitrogens with zero attached hydrogens (tertiary/aromatic N) is 2. The molecule has 0 saturated carbocycles. The van der Waals surface area contributed by atoms with Crippen LogP contribution in [0.4, 0.5) is 5.69 Å². The van der Waals surface area contributed by atoms with Gasteiger partial charge in [0.25, 0.3) is 5.69 Å². The van der Waals surface area contributed by atoms with Crippen LogP contribution in [0.15, 0.2) is 106 Å². The van der Waals surface area contributed by atoms with Crippen molar-refractivity contribution in [2.45, 2.75) is 30.0 Å². The average molecular weight is 543 g/mol. The molecule has 2 aliphatic heterocycles. The third kappa shape index (κ3) is 5.05.